The predicted molar refractivity (Wildman–Crippen MR) is 122 cm³/mol. The van der Waals surface area contributed by atoms with Crippen LogP contribution in [-0.4, -0.2) is 60.8 Å². The van der Waals surface area contributed by atoms with Crippen LogP contribution >= 0.6 is 0 Å². The van der Waals surface area contributed by atoms with E-state index in [1.54, 1.807) is 21.6 Å². The Morgan fingerprint density at radius 2 is 1.82 bits per heavy atom. The highest BCUT2D eigenvalue weighted by Gasteiger charge is 2.33. The van der Waals surface area contributed by atoms with Gasteiger partial charge in [-0.2, -0.15) is 13.2 Å². The largest absolute Gasteiger partial charge is 0.416 e. The van der Waals surface area contributed by atoms with Gasteiger partial charge in [-0.3, -0.25) is 0 Å². The molecule has 1 atom stereocenters. The van der Waals surface area contributed by atoms with E-state index < -0.39 is 11.7 Å². The predicted octanol–water partition coefficient (Wildman–Crippen LogP) is 3.98. The lowest BCUT2D eigenvalue weighted by molar-refractivity contribution is -0.137. The Kier molecular flexibility index (Phi) is 5.85. The first kappa shape index (κ1) is 22.5. The second-order valence-electron chi connectivity index (χ2n) is 8.65. The first-order chi connectivity index (χ1) is 16.3. The summed E-state index contributed by atoms with van der Waals surface area (Å²) in [4.78, 5) is 15.8. The van der Waals surface area contributed by atoms with E-state index in [0.717, 1.165) is 6.07 Å². The maximum absolute atomic E-state index is 13.6. The number of nitrogens with one attached hydrogen (secondary N) is 2. The van der Waals surface area contributed by atoms with Gasteiger partial charge in [-0.15, -0.1) is 0 Å². The minimum absolute atomic E-state index is 0.00367. The summed E-state index contributed by atoms with van der Waals surface area (Å²) in [5.41, 5.74) is 1.27. The molecule has 34 heavy (non-hydrogen) atoms. The summed E-state index contributed by atoms with van der Waals surface area (Å²) >= 11 is 0. The average molecular weight is 475 g/mol. The zero-order chi connectivity index (χ0) is 23.9. The highest BCUT2D eigenvalue weighted by molar-refractivity contribution is 5.95. The number of hydrogen-bond acceptors (Lipinski definition) is 3. The van der Waals surface area contributed by atoms with E-state index in [9.17, 15) is 22.4 Å². The van der Waals surface area contributed by atoms with Crippen molar-refractivity contribution >= 4 is 22.6 Å². The summed E-state index contributed by atoms with van der Waals surface area (Å²) in [6.45, 7) is 3.82. The van der Waals surface area contributed by atoms with Gasteiger partial charge in [-0.1, -0.05) is 0 Å². The number of rotatable bonds is 5. The second kappa shape index (κ2) is 8.83. The first-order valence-electron chi connectivity index (χ1n) is 11.3. The lowest BCUT2D eigenvalue weighted by Crippen LogP contribution is -2.52. The Morgan fingerprint density at radius 3 is 2.53 bits per heavy atom. The van der Waals surface area contributed by atoms with Gasteiger partial charge >= 0.3 is 12.2 Å². The van der Waals surface area contributed by atoms with Crippen molar-refractivity contribution in [2.45, 2.75) is 18.6 Å². The minimum atomic E-state index is -4.46. The van der Waals surface area contributed by atoms with E-state index in [-0.39, 0.29) is 17.9 Å². The van der Waals surface area contributed by atoms with Crippen molar-refractivity contribution in [1.29, 1.82) is 0 Å². The summed E-state index contributed by atoms with van der Waals surface area (Å²) < 4.78 is 56.0. The number of piperazine rings is 1. The summed E-state index contributed by atoms with van der Waals surface area (Å²) in [5, 5.41) is 6.64. The van der Waals surface area contributed by atoms with Crippen LogP contribution in [0.5, 0.6) is 0 Å². The molecule has 1 aromatic heterocycles. The van der Waals surface area contributed by atoms with Gasteiger partial charge in [0.2, 0.25) is 0 Å². The zero-order valence-corrected chi connectivity index (χ0v) is 18.4. The number of alkyl halides is 3. The third-order valence-corrected chi connectivity index (χ3v) is 6.55. The molecular weight excluding hydrogens is 450 g/mol. The molecule has 2 aliphatic heterocycles. The Bertz CT molecular complexity index is 1190. The Hall–Kier alpha value is -3.27. The van der Waals surface area contributed by atoms with Crippen LogP contribution in [0.2, 0.25) is 0 Å². The van der Waals surface area contributed by atoms with E-state index >= 15 is 0 Å². The number of halogens is 4. The van der Waals surface area contributed by atoms with Crippen molar-refractivity contribution in [1.82, 2.24) is 20.1 Å². The molecule has 0 bridgehead atoms. The molecule has 1 unspecified atom stereocenters. The number of urea groups is 1. The quantitative estimate of drug-likeness (QED) is 0.549. The minimum Gasteiger partial charge on any atom is -0.364 e. The molecule has 5 rings (SSSR count). The fraction of sp³-hybridized carbons (Fsp3) is 0.375. The molecule has 3 heterocycles. The first-order valence-corrected chi connectivity index (χ1v) is 11.3. The monoisotopic (exact) mass is 475 g/mol. The van der Waals surface area contributed by atoms with Gasteiger partial charge in [0.15, 0.2) is 0 Å². The van der Waals surface area contributed by atoms with Gasteiger partial charge < -0.3 is 25.0 Å². The van der Waals surface area contributed by atoms with E-state index in [1.165, 1.54) is 24.3 Å². The van der Waals surface area contributed by atoms with Crippen molar-refractivity contribution in [3.63, 3.8) is 0 Å². The van der Waals surface area contributed by atoms with Crippen LogP contribution in [0.4, 0.5) is 28.0 Å². The molecular formula is C24H25F4N5O. The molecule has 2 amide bonds. The lowest BCUT2D eigenvalue weighted by atomic mass is 10.1. The Balaban J connectivity index is 1.55. The van der Waals surface area contributed by atoms with Crippen LogP contribution in [0.15, 0.2) is 48.7 Å². The number of carbonyl (C=O) groups excluding carboxylic acids is 1. The number of nitrogens with zero attached hydrogens (tertiary/aromatic N) is 3. The molecule has 6 nitrogen and oxygen atoms in total. The molecule has 2 N–H and O–H groups in total. The standard InChI is InChI=1S/C24H25F4N5O/c25-17-2-4-18(5-3-17)33-15-22(20-13-16(24(26,27)28)1-6-21(20)33)32-12-8-29-14-19(32)7-10-31-11-9-30-23(31)34/h1-6,13,15,19,29H,7-12,14H2,(H,30,34). The van der Waals surface area contributed by atoms with Crippen molar-refractivity contribution in [3.05, 3.63) is 60.0 Å². The van der Waals surface area contributed by atoms with E-state index in [4.69, 9.17) is 0 Å². The van der Waals surface area contributed by atoms with Gasteiger partial charge in [0.25, 0.3) is 0 Å². The van der Waals surface area contributed by atoms with Gasteiger partial charge in [-0.05, 0) is 48.9 Å². The van der Waals surface area contributed by atoms with Crippen molar-refractivity contribution in [2.75, 3.05) is 44.2 Å². The highest BCUT2D eigenvalue weighted by Crippen LogP contribution is 2.38. The number of fused-ring (bicyclic) bond motifs is 1. The van der Waals surface area contributed by atoms with E-state index in [0.29, 0.717) is 68.0 Å². The topological polar surface area (TPSA) is 52.5 Å². The molecule has 0 aliphatic carbocycles. The molecule has 0 radical (unpaired) electrons. The van der Waals surface area contributed by atoms with Crippen molar-refractivity contribution in [2.24, 2.45) is 0 Å². The third kappa shape index (κ3) is 4.29. The highest BCUT2D eigenvalue weighted by atomic mass is 19.4. The molecule has 3 aromatic rings. The van der Waals surface area contributed by atoms with E-state index in [1.807, 2.05) is 6.20 Å². The molecule has 2 aromatic carbocycles. The van der Waals surface area contributed by atoms with Gasteiger partial charge in [0.1, 0.15) is 5.82 Å². The molecule has 0 spiro atoms. The molecule has 2 fully saturated rings. The Labute approximate surface area is 194 Å². The number of carbonyl (C=O) groups is 1. The molecule has 180 valence electrons. The number of anilines is 1. The summed E-state index contributed by atoms with van der Waals surface area (Å²) in [6.07, 6.45) is -1.95. The zero-order valence-electron chi connectivity index (χ0n) is 18.4. The maximum Gasteiger partial charge on any atom is 0.416 e. The number of aromatic nitrogens is 1. The van der Waals surface area contributed by atoms with Crippen molar-refractivity contribution in [3.8, 4) is 5.69 Å². The summed E-state index contributed by atoms with van der Waals surface area (Å²) in [7, 11) is 0. The van der Waals surface area contributed by atoms with Crippen LogP contribution in [0.1, 0.15) is 12.0 Å². The van der Waals surface area contributed by atoms with Gasteiger partial charge in [-0.25, -0.2) is 9.18 Å². The van der Waals surface area contributed by atoms with Crippen LogP contribution in [0.25, 0.3) is 16.6 Å². The smallest absolute Gasteiger partial charge is 0.364 e. The molecule has 2 saturated heterocycles. The second-order valence-corrected chi connectivity index (χ2v) is 8.65. The van der Waals surface area contributed by atoms with Crippen molar-refractivity contribution < 1.29 is 22.4 Å². The SMILES string of the molecule is O=C1NCCN1CCC1CNCCN1c1cn(-c2ccc(F)cc2)c2ccc(C(F)(F)F)cc12. The van der Waals surface area contributed by atoms with Crippen LogP contribution in [-0.2, 0) is 6.18 Å². The van der Waals surface area contributed by atoms with Crippen LogP contribution in [0, 0.1) is 5.82 Å². The lowest BCUT2D eigenvalue weighted by Gasteiger charge is -2.38. The Morgan fingerprint density at radius 1 is 1.03 bits per heavy atom. The van der Waals surface area contributed by atoms with E-state index in [2.05, 4.69) is 15.5 Å². The summed E-state index contributed by atoms with van der Waals surface area (Å²) in [5.74, 6) is -0.382. The maximum atomic E-state index is 13.6. The molecule has 2 aliphatic rings. The van der Waals surface area contributed by atoms with Crippen LogP contribution in [0.3, 0.4) is 0 Å². The third-order valence-electron chi connectivity index (χ3n) is 6.55. The fourth-order valence-electron chi connectivity index (χ4n) is 4.80. The number of hydrogen-bond donors (Lipinski definition) is 2. The average Bonchev–Trinajstić information content (AvgIpc) is 3.41. The van der Waals surface area contributed by atoms with Gasteiger partial charge in [0.05, 0.1) is 16.8 Å². The van der Waals surface area contributed by atoms with Crippen LogP contribution < -0.4 is 15.5 Å². The fourth-order valence-corrected chi connectivity index (χ4v) is 4.80. The van der Waals surface area contributed by atoms with Gasteiger partial charge in [0, 0.05) is 62.6 Å². The summed E-state index contributed by atoms with van der Waals surface area (Å²) in [6, 6.07) is 9.54. The normalized spacial score (nSPS) is 19.2. The number of benzene rings is 2. The molecule has 0 saturated carbocycles. The molecule has 10 heteroatoms. The number of amides is 2.